The number of halogens is 4. The summed E-state index contributed by atoms with van der Waals surface area (Å²) in [5.74, 6) is -1.70. The maximum Gasteiger partial charge on any atom is 0.408 e. The van der Waals surface area contributed by atoms with Gasteiger partial charge in [0.25, 0.3) is 5.91 Å². The molecule has 2 aromatic heterocycles. The summed E-state index contributed by atoms with van der Waals surface area (Å²) in [7, 11) is 0. The van der Waals surface area contributed by atoms with Gasteiger partial charge >= 0.3 is 6.18 Å². The summed E-state index contributed by atoms with van der Waals surface area (Å²) >= 11 is 0. The molecule has 1 atom stereocenters. The molecule has 0 aliphatic heterocycles. The number of fused-ring (bicyclic) bond motifs is 1. The number of amides is 1. The van der Waals surface area contributed by atoms with Crippen LogP contribution in [-0.4, -0.2) is 32.7 Å². The average Bonchev–Trinajstić information content (AvgIpc) is 3.05. The maximum atomic E-state index is 14.3. The normalized spacial score (nSPS) is 12.6. The molecule has 6 nitrogen and oxygen atoms in total. The second kappa shape index (κ2) is 6.92. The lowest BCUT2D eigenvalue weighted by molar-refractivity contribution is -0.149. The summed E-state index contributed by atoms with van der Waals surface area (Å²) in [6.45, 7) is 2.42. The van der Waals surface area contributed by atoms with E-state index in [0.717, 1.165) is 19.2 Å². The van der Waals surface area contributed by atoms with Gasteiger partial charge in [0.05, 0.1) is 29.1 Å². The Labute approximate surface area is 156 Å². The lowest BCUT2D eigenvalue weighted by Crippen LogP contribution is -2.43. The van der Waals surface area contributed by atoms with Gasteiger partial charge in [-0.15, -0.1) is 0 Å². The fraction of sp³-hybridized carbons (Fsp3) is 0.222. The Morgan fingerprint density at radius 1 is 1.36 bits per heavy atom. The molecule has 10 heteroatoms. The zero-order chi connectivity index (χ0) is 20.6. The Bertz CT molecular complexity index is 1110. The number of rotatable bonds is 3. The highest BCUT2D eigenvalue weighted by molar-refractivity contribution is 6.00. The van der Waals surface area contributed by atoms with E-state index in [-0.39, 0.29) is 28.0 Å². The van der Waals surface area contributed by atoms with Crippen LogP contribution in [-0.2, 0) is 0 Å². The fourth-order valence-corrected chi connectivity index (χ4v) is 2.64. The molecule has 0 saturated heterocycles. The number of nitrogens with zero attached hydrogens (tertiary/aromatic N) is 4. The van der Waals surface area contributed by atoms with E-state index in [2.05, 4.69) is 10.1 Å². The Balaban J connectivity index is 2.13. The number of hydrogen-bond acceptors (Lipinski definition) is 4. The summed E-state index contributed by atoms with van der Waals surface area (Å²) in [5.41, 5.74) is 0.248. The molecule has 28 heavy (non-hydrogen) atoms. The number of hydrogen-bond donors (Lipinski definition) is 1. The molecule has 0 aliphatic carbocycles. The van der Waals surface area contributed by atoms with E-state index in [1.807, 2.05) is 11.4 Å². The molecule has 2 heterocycles. The van der Waals surface area contributed by atoms with Crippen molar-refractivity contribution >= 4 is 11.6 Å². The van der Waals surface area contributed by atoms with Crippen molar-refractivity contribution in [1.29, 1.82) is 5.26 Å². The van der Waals surface area contributed by atoms with Crippen LogP contribution in [0.4, 0.5) is 17.6 Å². The monoisotopic (exact) mass is 391 g/mol. The highest BCUT2D eigenvalue weighted by Gasteiger charge is 2.37. The largest absolute Gasteiger partial charge is 0.408 e. The molecule has 0 radical (unpaired) electrons. The number of aryl methyl sites for hydroxylation is 1. The zero-order valence-corrected chi connectivity index (χ0v) is 14.7. The lowest BCUT2D eigenvalue weighted by Gasteiger charge is -2.16. The minimum absolute atomic E-state index is 0.0347. The smallest absolute Gasteiger partial charge is 0.340 e. The topological polar surface area (TPSA) is 83.1 Å². The Morgan fingerprint density at radius 3 is 2.71 bits per heavy atom. The van der Waals surface area contributed by atoms with Crippen molar-refractivity contribution in [2.75, 3.05) is 0 Å². The van der Waals surface area contributed by atoms with Crippen LogP contribution in [0.2, 0.25) is 0 Å². The molecule has 0 aliphatic rings. The molecular formula is C18H13F4N5O. The van der Waals surface area contributed by atoms with Gasteiger partial charge < -0.3 is 5.32 Å². The first-order valence-electron chi connectivity index (χ1n) is 8.05. The van der Waals surface area contributed by atoms with Crippen molar-refractivity contribution in [2.45, 2.75) is 26.1 Å². The molecule has 0 bridgehead atoms. The van der Waals surface area contributed by atoms with Gasteiger partial charge in [0.1, 0.15) is 17.4 Å². The van der Waals surface area contributed by atoms with E-state index in [4.69, 9.17) is 0 Å². The molecule has 144 valence electrons. The van der Waals surface area contributed by atoms with Crippen LogP contribution in [0.1, 0.15) is 28.5 Å². The number of nitrogens with one attached hydrogen (secondary N) is 1. The number of nitriles is 1. The first-order chi connectivity index (χ1) is 13.1. The zero-order valence-electron chi connectivity index (χ0n) is 14.7. The van der Waals surface area contributed by atoms with Gasteiger partial charge in [0.15, 0.2) is 5.65 Å². The predicted molar refractivity (Wildman–Crippen MR) is 90.8 cm³/mol. The molecule has 0 unspecified atom stereocenters. The van der Waals surface area contributed by atoms with Gasteiger partial charge in [0, 0.05) is 5.69 Å². The van der Waals surface area contributed by atoms with E-state index in [1.165, 1.54) is 22.7 Å². The van der Waals surface area contributed by atoms with Gasteiger partial charge in [-0.1, -0.05) is 6.07 Å². The van der Waals surface area contributed by atoms with Crippen molar-refractivity contribution < 1.29 is 22.4 Å². The summed E-state index contributed by atoms with van der Waals surface area (Å²) < 4.78 is 53.7. The third kappa shape index (κ3) is 3.38. The van der Waals surface area contributed by atoms with Gasteiger partial charge in [0.2, 0.25) is 0 Å². The van der Waals surface area contributed by atoms with Crippen molar-refractivity contribution in [1.82, 2.24) is 19.9 Å². The van der Waals surface area contributed by atoms with Crippen LogP contribution < -0.4 is 5.32 Å². The predicted octanol–water partition coefficient (Wildman–Crippen LogP) is 3.40. The first kappa shape index (κ1) is 19.3. The molecular weight excluding hydrogens is 378 g/mol. The van der Waals surface area contributed by atoms with E-state index < -0.39 is 23.9 Å². The Morgan fingerprint density at radius 2 is 2.07 bits per heavy atom. The summed E-state index contributed by atoms with van der Waals surface area (Å²) in [6.07, 6.45) is -3.52. The second-order valence-electron chi connectivity index (χ2n) is 6.09. The van der Waals surface area contributed by atoms with Gasteiger partial charge in [-0.2, -0.15) is 23.5 Å². The minimum Gasteiger partial charge on any atom is -0.340 e. The molecule has 0 fully saturated rings. The Hall–Kier alpha value is -3.48. The van der Waals surface area contributed by atoms with Gasteiger partial charge in [-0.25, -0.2) is 13.9 Å². The first-order valence-corrected chi connectivity index (χ1v) is 8.05. The van der Waals surface area contributed by atoms with Crippen LogP contribution in [0.3, 0.4) is 0 Å². The summed E-state index contributed by atoms with van der Waals surface area (Å²) in [4.78, 5) is 16.5. The van der Waals surface area contributed by atoms with Crippen molar-refractivity contribution in [2.24, 2.45) is 0 Å². The molecule has 1 N–H and O–H groups in total. The summed E-state index contributed by atoms with van der Waals surface area (Å²) in [5, 5.41) is 15.0. The highest BCUT2D eigenvalue weighted by Crippen LogP contribution is 2.27. The molecule has 3 aromatic rings. The minimum atomic E-state index is -4.61. The van der Waals surface area contributed by atoms with Crippen molar-refractivity contribution in [3.05, 3.63) is 53.1 Å². The standard InChI is InChI=1S/C18H13F4N5O/c1-9-6-14(15-11(7-23)4-3-5-13(15)19)26-16-12(8-24-27(9)16)17(28)25-10(2)18(20,21)22/h3-6,8,10H,1-2H3,(H,25,28)/t10-/m0/s1. The van der Waals surface area contributed by atoms with Crippen LogP contribution in [0.25, 0.3) is 16.9 Å². The lowest BCUT2D eigenvalue weighted by atomic mass is 10.0. The summed E-state index contributed by atoms with van der Waals surface area (Å²) in [6, 6.07) is 5.21. The number of aromatic nitrogens is 3. The van der Waals surface area contributed by atoms with Crippen LogP contribution in [0.15, 0.2) is 30.5 Å². The molecule has 0 saturated carbocycles. The van der Waals surface area contributed by atoms with Gasteiger partial charge in [-0.3, -0.25) is 4.79 Å². The fourth-order valence-electron chi connectivity index (χ4n) is 2.64. The van der Waals surface area contributed by atoms with Crippen molar-refractivity contribution in [3.63, 3.8) is 0 Å². The third-order valence-electron chi connectivity index (χ3n) is 4.12. The Kier molecular flexibility index (Phi) is 4.77. The number of carbonyl (C=O) groups excluding carboxylic acids is 1. The quantitative estimate of drug-likeness (QED) is 0.694. The SMILES string of the molecule is Cc1cc(-c2c(F)cccc2C#N)nc2c(C(=O)N[C@@H](C)C(F)(F)F)cnn12. The molecule has 3 rings (SSSR count). The van der Waals surface area contributed by atoms with E-state index in [9.17, 15) is 27.6 Å². The van der Waals surface area contributed by atoms with Crippen LogP contribution >= 0.6 is 0 Å². The molecule has 1 aromatic carbocycles. The number of benzene rings is 1. The van der Waals surface area contributed by atoms with E-state index >= 15 is 0 Å². The molecule has 1 amide bonds. The second-order valence-corrected chi connectivity index (χ2v) is 6.09. The number of alkyl halides is 3. The third-order valence-corrected chi connectivity index (χ3v) is 4.12. The average molecular weight is 391 g/mol. The van der Waals surface area contributed by atoms with Crippen molar-refractivity contribution in [3.8, 4) is 17.3 Å². The van der Waals surface area contributed by atoms with E-state index in [0.29, 0.717) is 5.69 Å². The van der Waals surface area contributed by atoms with Crippen LogP contribution in [0, 0.1) is 24.1 Å². The maximum absolute atomic E-state index is 14.3. The van der Waals surface area contributed by atoms with Gasteiger partial charge in [-0.05, 0) is 32.0 Å². The van der Waals surface area contributed by atoms with E-state index in [1.54, 1.807) is 6.92 Å². The number of carbonyl (C=O) groups is 1. The molecule has 0 spiro atoms. The highest BCUT2D eigenvalue weighted by atomic mass is 19.4. The van der Waals surface area contributed by atoms with Crippen LogP contribution in [0.5, 0.6) is 0 Å².